The van der Waals surface area contributed by atoms with Gasteiger partial charge >= 0.3 is 0 Å². The molecule has 1 atom stereocenters. The first-order valence-electron chi connectivity index (χ1n) is 9.58. The van der Waals surface area contributed by atoms with Crippen molar-refractivity contribution in [2.24, 2.45) is 5.92 Å². The number of ether oxygens (including phenoxy) is 3. The van der Waals surface area contributed by atoms with E-state index in [9.17, 15) is 9.59 Å². The van der Waals surface area contributed by atoms with E-state index in [-0.39, 0.29) is 18.2 Å². The highest BCUT2D eigenvalue weighted by atomic mass is 16.5. The molecule has 1 aliphatic rings. The number of nitrogens with one attached hydrogen (secondary N) is 1. The first-order valence-corrected chi connectivity index (χ1v) is 9.58. The Kier molecular flexibility index (Phi) is 7.08. The topological polar surface area (TPSA) is 77.1 Å². The number of hydrogen-bond donors (Lipinski definition) is 1. The summed E-state index contributed by atoms with van der Waals surface area (Å²) >= 11 is 0. The van der Waals surface area contributed by atoms with E-state index in [1.54, 1.807) is 37.3 Å². The Morgan fingerprint density at radius 2 is 1.90 bits per heavy atom. The van der Waals surface area contributed by atoms with E-state index in [1.807, 2.05) is 30.3 Å². The van der Waals surface area contributed by atoms with E-state index in [1.165, 1.54) is 0 Å². The third-order valence-corrected chi connectivity index (χ3v) is 4.72. The standard InChI is InChI=1S/C22H26N2O5/c1-27-10-5-11-29-20-9-3-6-17(13-20)23-22(26)16-12-21(25)24(15-16)18-7-4-8-19(14-18)28-2/h3-4,6-9,13-14,16H,5,10-12,15H2,1-2H3,(H,23,26)/t16-/m1/s1. The lowest BCUT2D eigenvalue weighted by atomic mass is 10.1. The minimum Gasteiger partial charge on any atom is -0.497 e. The average Bonchev–Trinajstić information content (AvgIpc) is 3.13. The van der Waals surface area contributed by atoms with E-state index in [0.717, 1.165) is 12.1 Å². The zero-order chi connectivity index (χ0) is 20.6. The van der Waals surface area contributed by atoms with Crippen molar-refractivity contribution in [1.29, 1.82) is 0 Å². The van der Waals surface area contributed by atoms with Crippen LogP contribution in [0.1, 0.15) is 12.8 Å². The van der Waals surface area contributed by atoms with Crippen LogP contribution in [0, 0.1) is 5.92 Å². The third kappa shape index (κ3) is 5.48. The lowest BCUT2D eigenvalue weighted by molar-refractivity contribution is -0.122. The van der Waals surface area contributed by atoms with Gasteiger partial charge in [-0.05, 0) is 24.3 Å². The molecule has 1 fully saturated rings. The van der Waals surface area contributed by atoms with Crippen LogP contribution in [0.5, 0.6) is 11.5 Å². The van der Waals surface area contributed by atoms with Gasteiger partial charge in [0.15, 0.2) is 0 Å². The van der Waals surface area contributed by atoms with Crippen LogP contribution in [-0.4, -0.2) is 45.8 Å². The molecule has 1 N–H and O–H groups in total. The van der Waals surface area contributed by atoms with Gasteiger partial charge in [-0.3, -0.25) is 9.59 Å². The summed E-state index contributed by atoms with van der Waals surface area (Å²) in [5.41, 5.74) is 1.38. The van der Waals surface area contributed by atoms with Gasteiger partial charge in [-0.15, -0.1) is 0 Å². The second-order valence-electron chi connectivity index (χ2n) is 6.82. The number of methoxy groups -OCH3 is 2. The van der Waals surface area contributed by atoms with Gasteiger partial charge < -0.3 is 24.4 Å². The molecule has 0 aliphatic carbocycles. The Bertz CT molecular complexity index is 855. The molecule has 0 saturated carbocycles. The summed E-state index contributed by atoms with van der Waals surface area (Å²) in [5, 5.41) is 2.89. The fourth-order valence-corrected chi connectivity index (χ4v) is 3.21. The Balaban J connectivity index is 1.59. The smallest absolute Gasteiger partial charge is 0.229 e. The van der Waals surface area contributed by atoms with Crippen molar-refractivity contribution >= 4 is 23.2 Å². The highest BCUT2D eigenvalue weighted by Gasteiger charge is 2.35. The van der Waals surface area contributed by atoms with E-state index in [0.29, 0.717) is 36.9 Å². The highest BCUT2D eigenvalue weighted by Crippen LogP contribution is 2.29. The molecule has 29 heavy (non-hydrogen) atoms. The van der Waals surface area contributed by atoms with Crippen molar-refractivity contribution < 1.29 is 23.8 Å². The van der Waals surface area contributed by atoms with Gasteiger partial charge in [0.25, 0.3) is 0 Å². The first-order chi connectivity index (χ1) is 14.1. The van der Waals surface area contributed by atoms with Crippen molar-refractivity contribution in [3.8, 4) is 11.5 Å². The van der Waals surface area contributed by atoms with Crippen LogP contribution in [-0.2, 0) is 14.3 Å². The van der Waals surface area contributed by atoms with E-state index in [4.69, 9.17) is 14.2 Å². The maximum atomic E-state index is 12.7. The van der Waals surface area contributed by atoms with E-state index in [2.05, 4.69) is 5.32 Å². The molecule has 1 aliphatic heterocycles. The van der Waals surface area contributed by atoms with Crippen LogP contribution in [0.2, 0.25) is 0 Å². The van der Waals surface area contributed by atoms with Crippen LogP contribution in [0.25, 0.3) is 0 Å². The zero-order valence-electron chi connectivity index (χ0n) is 16.7. The molecule has 2 aromatic carbocycles. The molecule has 0 bridgehead atoms. The first kappa shape index (κ1) is 20.7. The molecule has 1 heterocycles. The SMILES string of the molecule is COCCCOc1cccc(NC(=O)[C@@H]2CC(=O)N(c3cccc(OC)c3)C2)c1. The quantitative estimate of drug-likeness (QED) is 0.657. The van der Waals surface area contributed by atoms with Crippen LogP contribution < -0.4 is 19.7 Å². The fourth-order valence-electron chi connectivity index (χ4n) is 3.21. The number of hydrogen-bond acceptors (Lipinski definition) is 5. The van der Waals surface area contributed by atoms with Gasteiger partial charge in [0.05, 0.1) is 19.6 Å². The van der Waals surface area contributed by atoms with Crippen molar-refractivity contribution in [3.63, 3.8) is 0 Å². The maximum absolute atomic E-state index is 12.7. The maximum Gasteiger partial charge on any atom is 0.229 e. The Morgan fingerprint density at radius 3 is 2.69 bits per heavy atom. The molecule has 154 valence electrons. The molecule has 7 nitrogen and oxygen atoms in total. The number of carbonyl (C=O) groups is 2. The van der Waals surface area contributed by atoms with Crippen LogP contribution in [0.3, 0.4) is 0 Å². The second kappa shape index (κ2) is 9.93. The minimum absolute atomic E-state index is 0.0753. The largest absolute Gasteiger partial charge is 0.497 e. The summed E-state index contributed by atoms with van der Waals surface area (Å²) in [5.74, 6) is 0.679. The van der Waals surface area contributed by atoms with Gasteiger partial charge in [0.2, 0.25) is 11.8 Å². The van der Waals surface area contributed by atoms with Gasteiger partial charge in [0.1, 0.15) is 11.5 Å². The predicted octanol–water partition coefficient (Wildman–Crippen LogP) is 3.10. The molecular weight excluding hydrogens is 372 g/mol. The summed E-state index contributed by atoms with van der Waals surface area (Å²) in [6, 6.07) is 14.5. The molecule has 2 aromatic rings. The summed E-state index contributed by atoms with van der Waals surface area (Å²) < 4.78 is 15.9. The molecule has 3 rings (SSSR count). The number of carbonyl (C=O) groups excluding carboxylic acids is 2. The molecule has 2 amide bonds. The number of amides is 2. The van der Waals surface area contributed by atoms with Gasteiger partial charge in [-0.2, -0.15) is 0 Å². The minimum atomic E-state index is -0.417. The fraction of sp³-hybridized carbons (Fsp3) is 0.364. The molecular formula is C22H26N2O5. The van der Waals surface area contributed by atoms with Crippen molar-refractivity contribution in [2.75, 3.05) is 44.2 Å². The molecule has 0 spiro atoms. The lowest BCUT2D eigenvalue weighted by Crippen LogP contribution is -2.28. The molecule has 0 aromatic heterocycles. The third-order valence-electron chi connectivity index (χ3n) is 4.72. The molecule has 0 radical (unpaired) electrons. The van der Waals surface area contributed by atoms with E-state index >= 15 is 0 Å². The van der Waals surface area contributed by atoms with Crippen molar-refractivity contribution in [3.05, 3.63) is 48.5 Å². The lowest BCUT2D eigenvalue weighted by Gasteiger charge is -2.17. The molecule has 7 heteroatoms. The summed E-state index contributed by atoms with van der Waals surface area (Å²) in [7, 11) is 3.23. The summed E-state index contributed by atoms with van der Waals surface area (Å²) in [6.07, 6.45) is 0.966. The van der Waals surface area contributed by atoms with E-state index < -0.39 is 5.92 Å². The second-order valence-corrected chi connectivity index (χ2v) is 6.82. The normalized spacial score (nSPS) is 16.0. The molecule has 0 unspecified atom stereocenters. The summed E-state index contributed by atoms with van der Waals surface area (Å²) in [6.45, 7) is 1.51. The van der Waals surface area contributed by atoms with Crippen LogP contribution in [0.15, 0.2) is 48.5 Å². The number of rotatable bonds is 9. The molecule has 1 saturated heterocycles. The Morgan fingerprint density at radius 1 is 1.10 bits per heavy atom. The number of benzene rings is 2. The Hall–Kier alpha value is -3.06. The highest BCUT2D eigenvalue weighted by molar-refractivity contribution is 6.03. The average molecular weight is 398 g/mol. The van der Waals surface area contributed by atoms with Gasteiger partial charge in [-0.25, -0.2) is 0 Å². The van der Waals surface area contributed by atoms with Crippen molar-refractivity contribution in [1.82, 2.24) is 0 Å². The van der Waals surface area contributed by atoms with Crippen LogP contribution >= 0.6 is 0 Å². The number of nitrogens with zero attached hydrogens (tertiary/aromatic N) is 1. The predicted molar refractivity (Wildman–Crippen MR) is 111 cm³/mol. The van der Waals surface area contributed by atoms with Crippen LogP contribution in [0.4, 0.5) is 11.4 Å². The monoisotopic (exact) mass is 398 g/mol. The number of anilines is 2. The van der Waals surface area contributed by atoms with Gasteiger partial charge in [0, 0.05) is 56.6 Å². The Labute approximate surface area is 170 Å². The summed E-state index contributed by atoms with van der Waals surface area (Å²) in [4.78, 5) is 26.8. The van der Waals surface area contributed by atoms with Crippen molar-refractivity contribution in [2.45, 2.75) is 12.8 Å². The zero-order valence-corrected chi connectivity index (χ0v) is 16.7. The van der Waals surface area contributed by atoms with Gasteiger partial charge in [-0.1, -0.05) is 12.1 Å².